The molecule has 0 aromatic carbocycles. The van der Waals surface area contributed by atoms with Crippen molar-refractivity contribution in [1.82, 2.24) is 4.90 Å². The third kappa shape index (κ3) is 2.38. The summed E-state index contributed by atoms with van der Waals surface area (Å²) in [6.07, 6.45) is 5.42. The normalized spacial score (nSPS) is 38.6. The molecule has 17 heavy (non-hydrogen) atoms. The van der Waals surface area contributed by atoms with Crippen molar-refractivity contribution < 1.29 is 4.74 Å². The van der Waals surface area contributed by atoms with E-state index in [2.05, 4.69) is 25.7 Å². The van der Waals surface area contributed by atoms with Crippen LogP contribution in [-0.4, -0.2) is 42.3 Å². The van der Waals surface area contributed by atoms with E-state index in [1.165, 1.54) is 19.4 Å². The van der Waals surface area contributed by atoms with Gasteiger partial charge in [-0.3, -0.25) is 4.90 Å². The van der Waals surface area contributed by atoms with Gasteiger partial charge in [-0.05, 0) is 45.1 Å². The minimum absolute atomic E-state index is 0.255. The lowest BCUT2D eigenvalue weighted by Crippen LogP contribution is -2.65. The summed E-state index contributed by atoms with van der Waals surface area (Å²) in [4.78, 5) is 2.70. The molecular formula is C14H28N2O. The van der Waals surface area contributed by atoms with Crippen molar-refractivity contribution in [2.24, 2.45) is 11.7 Å². The van der Waals surface area contributed by atoms with E-state index in [4.69, 9.17) is 10.5 Å². The predicted octanol–water partition coefficient (Wildman–Crippen LogP) is 2.00. The fourth-order valence-corrected chi connectivity index (χ4v) is 3.73. The molecule has 1 saturated carbocycles. The Morgan fingerprint density at radius 1 is 1.41 bits per heavy atom. The highest BCUT2D eigenvalue weighted by Crippen LogP contribution is 2.44. The molecule has 0 amide bonds. The molecular weight excluding hydrogens is 212 g/mol. The van der Waals surface area contributed by atoms with Crippen LogP contribution in [-0.2, 0) is 4.74 Å². The molecule has 1 aliphatic carbocycles. The maximum absolute atomic E-state index is 6.07. The van der Waals surface area contributed by atoms with Gasteiger partial charge in [0.15, 0.2) is 0 Å². The van der Waals surface area contributed by atoms with Gasteiger partial charge in [0.25, 0.3) is 0 Å². The monoisotopic (exact) mass is 240 g/mol. The van der Waals surface area contributed by atoms with Gasteiger partial charge in [0.2, 0.25) is 0 Å². The number of ether oxygens (including phenoxy) is 1. The summed E-state index contributed by atoms with van der Waals surface area (Å²) < 4.78 is 5.71. The van der Waals surface area contributed by atoms with Crippen LogP contribution in [0.2, 0.25) is 0 Å². The minimum Gasteiger partial charge on any atom is -0.378 e. The topological polar surface area (TPSA) is 38.5 Å². The van der Waals surface area contributed by atoms with Gasteiger partial charge in [-0.2, -0.15) is 0 Å². The van der Waals surface area contributed by atoms with Gasteiger partial charge in [-0.1, -0.05) is 13.8 Å². The summed E-state index contributed by atoms with van der Waals surface area (Å²) in [5, 5.41) is 0. The fourth-order valence-electron chi connectivity index (χ4n) is 3.73. The van der Waals surface area contributed by atoms with Gasteiger partial charge in [0.1, 0.15) is 0 Å². The van der Waals surface area contributed by atoms with E-state index in [0.717, 1.165) is 38.0 Å². The van der Waals surface area contributed by atoms with E-state index in [-0.39, 0.29) is 5.54 Å². The molecule has 2 N–H and O–H groups in total. The molecule has 1 atom stereocenters. The first-order valence-electron chi connectivity index (χ1n) is 7.21. The highest BCUT2D eigenvalue weighted by atomic mass is 16.5. The van der Waals surface area contributed by atoms with E-state index in [0.29, 0.717) is 6.10 Å². The van der Waals surface area contributed by atoms with E-state index >= 15 is 0 Å². The Morgan fingerprint density at radius 3 is 2.65 bits per heavy atom. The van der Waals surface area contributed by atoms with Gasteiger partial charge in [0.05, 0.1) is 6.10 Å². The zero-order valence-corrected chi connectivity index (χ0v) is 11.6. The van der Waals surface area contributed by atoms with Crippen LogP contribution in [0, 0.1) is 5.92 Å². The Bertz CT molecular complexity index is 249. The second-order valence-corrected chi connectivity index (χ2v) is 6.06. The van der Waals surface area contributed by atoms with Crippen LogP contribution >= 0.6 is 0 Å². The number of likely N-dealkylation sites (tertiary alicyclic amines) is 1. The lowest BCUT2D eigenvalue weighted by Gasteiger charge is -2.55. The molecule has 0 aromatic heterocycles. The standard InChI is InChI=1S/C14H28N2O/c1-4-17-12-8-14(9-12,10-15)16-7-5-6-13(16)11(2)3/h11-13H,4-10,15H2,1-3H3. The fraction of sp³-hybridized carbons (Fsp3) is 1.00. The van der Waals surface area contributed by atoms with Crippen LogP contribution in [0.25, 0.3) is 0 Å². The number of hydrogen-bond donors (Lipinski definition) is 1. The molecule has 2 fully saturated rings. The molecule has 0 aromatic rings. The van der Waals surface area contributed by atoms with E-state index in [1.54, 1.807) is 0 Å². The summed E-state index contributed by atoms with van der Waals surface area (Å²) in [5.41, 5.74) is 6.33. The van der Waals surface area contributed by atoms with E-state index in [9.17, 15) is 0 Å². The molecule has 1 saturated heterocycles. The highest BCUT2D eigenvalue weighted by Gasteiger charge is 2.51. The van der Waals surface area contributed by atoms with Gasteiger partial charge >= 0.3 is 0 Å². The molecule has 0 radical (unpaired) electrons. The van der Waals surface area contributed by atoms with Crippen LogP contribution in [0.1, 0.15) is 46.5 Å². The highest BCUT2D eigenvalue weighted by molar-refractivity contribution is 5.07. The Hall–Kier alpha value is -0.120. The average Bonchev–Trinajstić information content (AvgIpc) is 2.72. The van der Waals surface area contributed by atoms with E-state index in [1.807, 2.05) is 0 Å². The molecule has 2 rings (SSSR count). The SMILES string of the molecule is CCOC1CC(CN)(N2CCCC2C(C)C)C1. The van der Waals surface area contributed by atoms with Crippen molar-refractivity contribution in [2.75, 3.05) is 19.7 Å². The molecule has 3 heteroatoms. The first kappa shape index (κ1) is 13.3. The van der Waals surface area contributed by atoms with Crippen molar-refractivity contribution in [3.63, 3.8) is 0 Å². The lowest BCUT2D eigenvalue weighted by atomic mass is 9.72. The van der Waals surface area contributed by atoms with Gasteiger partial charge < -0.3 is 10.5 Å². The van der Waals surface area contributed by atoms with Gasteiger partial charge in [-0.15, -0.1) is 0 Å². The quantitative estimate of drug-likeness (QED) is 0.799. The summed E-state index contributed by atoms with van der Waals surface area (Å²) in [7, 11) is 0. The van der Waals surface area contributed by atoms with Crippen LogP contribution in [0.15, 0.2) is 0 Å². The number of rotatable bonds is 5. The first-order valence-corrected chi connectivity index (χ1v) is 7.21. The number of nitrogens with two attached hydrogens (primary N) is 1. The van der Waals surface area contributed by atoms with Crippen LogP contribution in [0.4, 0.5) is 0 Å². The van der Waals surface area contributed by atoms with Crippen molar-refractivity contribution in [2.45, 2.75) is 64.1 Å². The zero-order valence-electron chi connectivity index (χ0n) is 11.6. The Labute approximate surface area is 106 Å². The van der Waals surface area contributed by atoms with Crippen molar-refractivity contribution in [1.29, 1.82) is 0 Å². The van der Waals surface area contributed by atoms with Crippen LogP contribution < -0.4 is 5.73 Å². The van der Waals surface area contributed by atoms with Crippen molar-refractivity contribution >= 4 is 0 Å². The largest absolute Gasteiger partial charge is 0.378 e. The molecule has 1 unspecified atom stereocenters. The van der Waals surface area contributed by atoms with Crippen molar-refractivity contribution in [3.8, 4) is 0 Å². The van der Waals surface area contributed by atoms with Gasteiger partial charge in [-0.25, -0.2) is 0 Å². The summed E-state index contributed by atoms with van der Waals surface area (Å²) in [5.74, 6) is 0.743. The molecule has 0 spiro atoms. The summed E-state index contributed by atoms with van der Waals surface area (Å²) >= 11 is 0. The lowest BCUT2D eigenvalue weighted by molar-refractivity contribution is -0.108. The van der Waals surface area contributed by atoms with E-state index < -0.39 is 0 Å². The number of hydrogen-bond acceptors (Lipinski definition) is 3. The maximum atomic E-state index is 6.07. The third-order valence-electron chi connectivity index (χ3n) is 4.68. The smallest absolute Gasteiger partial charge is 0.0611 e. The Balaban J connectivity index is 1.99. The first-order chi connectivity index (χ1) is 8.13. The van der Waals surface area contributed by atoms with Gasteiger partial charge in [0, 0.05) is 24.7 Å². The molecule has 1 aliphatic heterocycles. The van der Waals surface area contributed by atoms with Crippen LogP contribution in [0.5, 0.6) is 0 Å². The zero-order chi connectivity index (χ0) is 12.5. The minimum atomic E-state index is 0.255. The van der Waals surface area contributed by atoms with Crippen LogP contribution in [0.3, 0.4) is 0 Å². The number of nitrogens with zero attached hydrogens (tertiary/aromatic N) is 1. The molecule has 3 nitrogen and oxygen atoms in total. The maximum Gasteiger partial charge on any atom is 0.0611 e. The molecule has 0 bridgehead atoms. The Kier molecular flexibility index (Phi) is 4.11. The predicted molar refractivity (Wildman–Crippen MR) is 71.0 cm³/mol. The molecule has 100 valence electrons. The summed E-state index contributed by atoms with van der Waals surface area (Å²) in [6, 6.07) is 0.737. The molecule has 1 heterocycles. The third-order valence-corrected chi connectivity index (χ3v) is 4.68. The van der Waals surface area contributed by atoms with Crippen molar-refractivity contribution in [3.05, 3.63) is 0 Å². The molecule has 2 aliphatic rings. The average molecular weight is 240 g/mol. The summed E-state index contributed by atoms with van der Waals surface area (Å²) in [6.45, 7) is 9.62. The second-order valence-electron chi connectivity index (χ2n) is 6.06. The Morgan fingerprint density at radius 2 is 2.12 bits per heavy atom. The second kappa shape index (κ2) is 5.25.